The number of carboxylic acids is 2. The van der Waals surface area contributed by atoms with Crippen molar-refractivity contribution in [1.82, 2.24) is 4.90 Å². The van der Waals surface area contributed by atoms with E-state index in [1.807, 2.05) is 23.6 Å². The van der Waals surface area contributed by atoms with Crippen LogP contribution in [0.25, 0.3) is 0 Å². The largest absolute Gasteiger partial charge is 0.508 e. The van der Waals surface area contributed by atoms with Crippen molar-refractivity contribution in [2.24, 2.45) is 0 Å². The summed E-state index contributed by atoms with van der Waals surface area (Å²) in [6.07, 6.45) is -1.03. The van der Waals surface area contributed by atoms with E-state index in [-0.39, 0.29) is 18.3 Å². The van der Waals surface area contributed by atoms with Crippen molar-refractivity contribution in [1.29, 1.82) is 0 Å². The molecule has 28 heavy (non-hydrogen) atoms. The van der Waals surface area contributed by atoms with Crippen molar-refractivity contribution in [2.75, 3.05) is 13.0 Å². The van der Waals surface area contributed by atoms with Gasteiger partial charge < -0.3 is 15.3 Å². The van der Waals surface area contributed by atoms with Crippen LogP contribution in [0.3, 0.4) is 0 Å². The standard InChI is InChI=1S/C19H25NOS.C2H2O4/c1-2-11-20(12-10-17-6-4-13-22-17)16-8-9-18-15(14-16)5-3-7-19(18)21;3-1(4)2(5)6/h3-7,13,16,21H,2,8-12,14H2,1H3;(H,3,4)(H,5,6)/i1D3,2D2,11D2;. The highest BCUT2D eigenvalue weighted by atomic mass is 32.1. The molecule has 0 spiro atoms. The summed E-state index contributed by atoms with van der Waals surface area (Å²) in [5.74, 6) is -3.43. The van der Waals surface area contributed by atoms with Crippen molar-refractivity contribution in [2.45, 2.75) is 44.9 Å². The van der Waals surface area contributed by atoms with Gasteiger partial charge in [0, 0.05) is 27.1 Å². The molecule has 0 bridgehead atoms. The maximum absolute atomic E-state index is 10.1. The van der Waals surface area contributed by atoms with Crippen LogP contribution in [0.15, 0.2) is 35.7 Å². The molecule has 1 unspecified atom stereocenters. The highest BCUT2D eigenvalue weighted by Gasteiger charge is 2.25. The van der Waals surface area contributed by atoms with Gasteiger partial charge in [-0.3, -0.25) is 4.90 Å². The van der Waals surface area contributed by atoms with Crippen LogP contribution in [0.1, 0.15) is 45.2 Å². The quantitative estimate of drug-likeness (QED) is 0.629. The number of hydrogen-bond acceptors (Lipinski definition) is 5. The average molecular weight is 413 g/mol. The molecular formula is C21H27NO5S. The highest BCUT2D eigenvalue weighted by Crippen LogP contribution is 2.30. The molecule has 1 heterocycles. The molecule has 0 saturated carbocycles. The summed E-state index contributed by atoms with van der Waals surface area (Å²) in [6, 6.07) is 8.72. The molecule has 1 aliphatic rings. The molecular weight excluding hydrogens is 378 g/mol. The number of rotatable bonds is 6. The Morgan fingerprint density at radius 2 is 2.07 bits per heavy atom. The van der Waals surface area contributed by atoms with E-state index in [1.54, 1.807) is 12.1 Å². The van der Waals surface area contributed by atoms with E-state index < -0.39 is 31.7 Å². The van der Waals surface area contributed by atoms with Crippen LogP contribution in [0.2, 0.25) is 0 Å². The van der Waals surface area contributed by atoms with Gasteiger partial charge in [-0.25, -0.2) is 9.59 Å². The fourth-order valence-corrected chi connectivity index (χ4v) is 3.82. The zero-order chi connectivity index (χ0) is 26.6. The third-order valence-corrected chi connectivity index (χ3v) is 5.37. The number of fused-ring (bicyclic) bond motifs is 1. The molecule has 1 aromatic heterocycles. The van der Waals surface area contributed by atoms with Gasteiger partial charge in [0.1, 0.15) is 5.75 Å². The zero-order valence-electron chi connectivity index (χ0n) is 22.1. The van der Waals surface area contributed by atoms with Crippen LogP contribution in [0.4, 0.5) is 0 Å². The van der Waals surface area contributed by atoms with E-state index >= 15 is 0 Å². The Balaban J connectivity index is 0.000000641. The predicted molar refractivity (Wildman–Crippen MR) is 109 cm³/mol. The van der Waals surface area contributed by atoms with Crippen molar-refractivity contribution in [3.05, 3.63) is 51.7 Å². The summed E-state index contributed by atoms with van der Waals surface area (Å²) in [6.45, 7) is -5.57. The summed E-state index contributed by atoms with van der Waals surface area (Å²) in [5, 5.41) is 26.8. The highest BCUT2D eigenvalue weighted by molar-refractivity contribution is 7.09. The third-order valence-electron chi connectivity index (χ3n) is 4.43. The number of carboxylic acid groups (broad SMARTS) is 2. The average Bonchev–Trinajstić information content (AvgIpc) is 3.27. The number of thiophene rings is 1. The molecule has 0 fully saturated rings. The lowest BCUT2D eigenvalue weighted by molar-refractivity contribution is -0.159. The number of nitrogens with zero attached hydrogens (tertiary/aromatic N) is 1. The molecule has 7 heteroatoms. The number of hydrogen-bond donors (Lipinski definition) is 3. The summed E-state index contributed by atoms with van der Waals surface area (Å²) >= 11 is 1.54. The normalized spacial score (nSPS) is 20.6. The molecule has 6 nitrogen and oxygen atoms in total. The van der Waals surface area contributed by atoms with E-state index in [2.05, 4.69) is 0 Å². The summed E-state index contributed by atoms with van der Waals surface area (Å²) < 4.78 is 56.0. The smallest absolute Gasteiger partial charge is 0.414 e. The number of benzene rings is 1. The van der Waals surface area contributed by atoms with E-state index in [0.717, 1.165) is 16.0 Å². The molecule has 0 aliphatic heterocycles. The van der Waals surface area contributed by atoms with Gasteiger partial charge in [0.2, 0.25) is 0 Å². The van der Waals surface area contributed by atoms with Crippen LogP contribution in [0.5, 0.6) is 5.75 Å². The second kappa shape index (κ2) is 10.8. The van der Waals surface area contributed by atoms with Gasteiger partial charge in [-0.05, 0) is 67.2 Å². The van der Waals surface area contributed by atoms with Crippen molar-refractivity contribution >= 4 is 23.3 Å². The lowest BCUT2D eigenvalue weighted by Crippen LogP contribution is -2.41. The Morgan fingerprint density at radius 1 is 1.29 bits per heavy atom. The number of aromatic hydroxyl groups is 1. The first-order valence-electron chi connectivity index (χ1n) is 12.1. The lowest BCUT2D eigenvalue weighted by atomic mass is 9.86. The Kier molecular flexibility index (Phi) is 5.31. The molecule has 1 atom stereocenters. The second-order valence-electron chi connectivity index (χ2n) is 6.18. The van der Waals surface area contributed by atoms with Crippen molar-refractivity contribution in [3.8, 4) is 5.75 Å². The first-order valence-corrected chi connectivity index (χ1v) is 9.52. The molecule has 0 saturated heterocycles. The summed E-state index contributed by atoms with van der Waals surface area (Å²) in [5.41, 5.74) is 1.73. The minimum atomic E-state index is -3.09. The molecule has 3 N–H and O–H groups in total. The second-order valence-corrected chi connectivity index (χ2v) is 7.21. The monoisotopic (exact) mass is 412 g/mol. The van der Waals surface area contributed by atoms with Gasteiger partial charge in [0.15, 0.2) is 0 Å². The topological polar surface area (TPSA) is 98.1 Å². The molecule has 1 aliphatic carbocycles. The number of phenols is 1. The van der Waals surface area contributed by atoms with Gasteiger partial charge in [-0.15, -0.1) is 11.3 Å². The Bertz CT molecular complexity index is 1020. The van der Waals surface area contributed by atoms with E-state index in [9.17, 15) is 5.11 Å². The lowest BCUT2D eigenvalue weighted by Gasteiger charge is -2.35. The molecule has 1 aromatic carbocycles. The van der Waals surface area contributed by atoms with E-state index in [1.165, 1.54) is 16.2 Å². The van der Waals surface area contributed by atoms with Crippen molar-refractivity contribution in [3.63, 3.8) is 0 Å². The Morgan fingerprint density at radius 3 is 2.71 bits per heavy atom. The van der Waals surface area contributed by atoms with Gasteiger partial charge in [0.05, 0.1) is 0 Å². The maximum Gasteiger partial charge on any atom is 0.414 e. The number of carbonyl (C=O) groups is 2. The van der Waals surface area contributed by atoms with Crippen LogP contribution in [0, 0.1) is 0 Å². The fourth-order valence-electron chi connectivity index (χ4n) is 3.12. The first-order chi connectivity index (χ1) is 16.1. The maximum atomic E-state index is 10.1. The molecule has 3 rings (SSSR count). The summed E-state index contributed by atoms with van der Waals surface area (Å²) in [4.78, 5) is 20.6. The fraction of sp³-hybridized carbons (Fsp3) is 0.429. The van der Waals surface area contributed by atoms with Crippen LogP contribution in [-0.4, -0.2) is 51.2 Å². The predicted octanol–water partition coefficient (Wildman–Crippen LogP) is 3.42. The van der Waals surface area contributed by atoms with Crippen molar-refractivity contribution < 1.29 is 34.5 Å². The first kappa shape index (κ1) is 13.7. The van der Waals surface area contributed by atoms with Crippen LogP contribution in [-0.2, 0) is 28.9 Å². The zero-order valence-corrected chi connectivity index (χ0v) is 15.9. The van der Waals surface area contributed by atoms with Gasteiger partial charge in [-0.2, -0.15) is 0 Å². The summed E-state index contributed by atoms with van der Waals surface area (Å²) in [7, 11) is 0. The van der Waals surface area contributed by atoms with Gasteiger partial charge in [-0.1, -0.05) is 25.1 Å². The number of phenolic OH excluding ortho intramolecular Hbond substituents is 1. The number of aliphatic carboxylic acids is 2. The molecule has 0 radical (unpaired) electrons. The van der Waals surface area contributed by atoms with Crippen LogP contribution < -0.4 is 0 Å². The van der Waals surface area contributed by atoms with Gasteiger partial charge in [0.25, 0.3) is 0 Å². The third kappa shape index (κ3) is 6.35. The molecule has 0 amide bonds. The van der Waals surface area contributed by atoms with Gasteiger partial charge >= 0.3 is 11.9 Å². The molecule has 2 aromatic rings. The minimum absolute atomic E-state index is 0.210. The Labute approximate surface area is 178 Å². The Hall–Kier alpha value is -2.38. The minimum Gasteiger partial charge on any atom is -0.508 e. The molecule has 152 valence electrons. The SMILES string of the molecule is O=C(O)C(=O)O.[2H]C([2H])([2H])C([2H])([2H])C([2H])([2H])N(CCc1cccs1)C1CCc2c(O)cccc2C1. The van der Waals surface area contributed by atoms with E-state index in [0.29, 0.717) is 25.7 Å². The van der Waals surface area contributed by atoms with Crippen LogP contribution >= 0.6 is 11.3 Å². The van der Waals surface area contributed by atoms with E-state index in [4.69, 9.17) is 29.4 Å².